The van der Waals surface area contributed by atoms with E-state index in [-0.39, 0.29) is 17.2 Å². The van der Waals surface area contributed by atoms with Crippen molar-refractivity contribution in [3.8, 4) is 0 Å². The molecule has 22 heavy (non-hydrogen) atoms. The van der Waals surface area contributed by atoms with Crippen molar-refractivity contribution in [3.63, 3.8) is 0 Å². The van der Waals surface area contributed by atoms with Crippen LogP contribution in [0.25, 0.3) is 0 Å². The lowest BCUT2D eigenvalue weighted by Crippen LogP contribution is -2.10. The lowest BCUT2D eigenvalue weighted by Gasteiger charge is -2.13. The highest BCUT2D eigenvalue weighted by Gasteiger charge is 2.11. The van der Waals surface area contributed by atoms with E-state index in [0.29, 0.717) is 19.0 Å². The molecule has 1 aromatic heterocycles. The molecule has 4 N–H and O–H groups in total. The Labute approximate surface area is 126 Å². The quantitative estimate of drug-likeness (QED) is 0.682. The summed E-state index contributed by atoms with van der Waals surface area (Å²) in [6, 6.07) is 3.09. The largest absolute Gasteiger partial charge is 0.393 e. The molecule has 1 heterocycles. The summed E-state index contributed by atoms with van der Waals surface area (Å²) in [7, 11) is 1.62. The Kier molecular flexibility index (Phi) is 5.42. The van der Waals surface area contributed by atoms with E-state index in [1.54, 1.807) is 7.11 Å². The maximum atomic E-state index is 13.6. The van der Waals surface area contributed by atoms with Gasteiger partial charge >= 0.3 is 0 Å². The Bertz CT molecular complexity index is 639. The number of rotatable bonds is 7. The zero-order chi connectivity index (χ0) is 15.9. The van der Waals surface area contributed by atoms with Crippen molar-refractivity contribution in [2.24, 2.45) is 0 Å². The molecule has 118 valence electrons. The molecule has 1 aromatic carbocycles. The Morgan fingerprint density at radius 3 is 2.77 bits per heavy atom. The molecule has 0 bridgehead atoms. The molecule has 0 aliphatic carbocycles. The Balaban J connectivity index is 2.13. The number of benzene rings is 1. The molecule has 0 saturated heterocycles. The van der Waals surface area contributed by atoms with Crippen molar-refractivity contribution in [3.05, 3.63) is 36.2 Å². The van der Waals surface area contributed by atoms with Gasteiger partial charge in [-0.2, -0.15) is 0 Å². The molecule has 0 aliphatic heterocycles. The molecule has 0 unspecified atom stereocenters. The van der Waals surface area contributed by atoms with E-state index in [1.807, 2.05) is 0 Å². The summed E-state index contributed by atoms with van der Waals surface area (Å²) in [5.41, 5.74) is 6.12. The maximum Gasteiger partial charge on any atom is 0.159 e. The lowest BCUT2D eigenvalue weighted by molar-refractivity contribution is 0.198. The van der Waals surface area contributed by atoms with Crippen LogP contribution in [0.4, 0.5) is 31.8 Å². The van der Waals surface area contributed by atoms with Crippen LogP contribution in [0.3, 0.4) is 0 Å². The predicted molar refractivity (Wildman–Crippen MR) is 81.1 cm³/mol. The minimum absolute atomic E-state index is 0.0456. The molecule has 0 spiro atoms. The van der Waals surface area contributed by atoms with Gasteiger partial charge in [-0.15, -0.1) is 0 Å². The second-order valence-electron chi connectivity index (χ2n) is 4.51. The van der Waals surface area contributed by atoms with Crippen LogP contribution in [-0.4, -0.2) is 30.2 Å². The summed E-state index contributed by atoms with van der Waals surface area (Å²) in [5.74, 6) is -0.539. The molecule has 6 nitrogen and oxygen atoms in total. The first-order chi connectivity index (χ1) is 10.6. The fraction of sp³-hybridized carbons (Fsp3) is 0.286. The second-order valence-corrected chi connectivity index (χ2v) is 4.51. The first-order valence-electron chi connectivity index (χ1n) is 6.67. The molecule has 0 fully saturated rings. The fourth-order valence-electron chi connectivity index (χ4n) is 1.78. The predicted octanol–water partition coefficient (Wildman–Crippen LogP) is 2.53. The van der Waals surface area contributed by atoms with Crippen LogP contribution in [0, 0.1) is 11.6 Å². The number of nitrogen functional groups attached to an aromatic ring is 1. The van der Waals surface area contributed by atoms with Gasteiger partial charge in [-0.05, 0) is 18.6 Å². The molecule has 0 atom stereocenters. The number of aromatic nitrogens is 2. The highest BCUT2D eigenvalue weighted by molar-refractivity contribution is 5.77. The number of anilines is 4. The minimum atomic E-state index is -0.603. The van der Waals surface area contributed by atoms with Gasteiger partial charge in [0.15, 0.2) is 11.6 Å². The van der Waals surface area contributed by atoms with Crippen molar-refractivity contribution < 1.29 is 13.5 Å². The minimum Gasteiger partial charge on any atom is -0.393 e. The molecule has 2 rings (SSSR count). The second kappa shape index (κ2) is 7.51. The van der Waals surface area contributed by atoms with E-state index in [9.17, 15) is 8.78 Å². The third-order valence-electron chi connectivity index (χ3n) is 2.88. The summed E-state index contributed by atoms with van der Waals surface area (Å²) in [5, 5.41) is 5.70. The molecule has 0 aliphatic rings. The van der Waals surface area contributed by atoms with Crippen LogP contribution in [0.2, 0.25) is 0 Å². The van der Waals surface area contributed by atoms with Crippen molar-refractivity contribution >= 4 is 23.0 Å². The first kappa shape index (κ1) is 15.9. The molecule has 0 radical (unpaired) electrons. The summed E-state index contributed by atoms with van der Waals surface area (Å²) in [6.07, 6.45) is 2.07. The van der Waals surface area contributed by atoms with Gasteiger partial charge in [-0.25, -0.2) is 18.7 Å². The smallest absolute Gasteiger partial charge is 0.159 e. The molecule has 0 saturated carbocycles. The van der Waals surface area contributed by atoms with Gasteiger partial charge < -0.3 is 21.1 Å². The van der Waals surface area contributed by atoms with Gasteiger partial charge in [-0.1, -0.05) is 0 Å². The normalized spacial score (nSPS) is 10.5. The average Bonchev–Trinajstić information content (AvgIpc) is 2.50. The zero-order valence-corrected chi connectivity index (χ0v) is 12.1. The Morgan fingerprint density at radius 2 is 2.00 bits per heavy atom. The molecule has 0 amide bonds. The van der Waals surface area contributed by atoms with Crippen molar-refractivity contribution in [1.82, 2.24) is 9.97 Å². The summed E-state index contributed by atoms with van der Waals surface area (Å²) >= 11 is 0. The zero-order valence-electron chi connectivity index (χ0n) is 12.1. The van der Waals surface area contributed by atoms with Crippen LogP contribution in [0.1, 0.15) is 6.42 Å². The van der Waals surface area contributed by atoms with Gasteiger partial charge in [0.05, 0.1) is 5.69 Å². The van der Waals surface area contributed by atoms with Crippen molar-refractivity contribution in [2.75, 3.05) is 36.6 Å². The average molecular weight is 309 g/mol. The SMILES string of the molecule is COCCCNc1ncnc(Nc2cc(F)ccc2F)c1N. The standard InChI is InChI=1S/C14H17F2N5O/c1-22-6-2-5-18-13-12(17)14(20-8-19-13)21-11-7-9(15)3-4-10(11)16/h3-4,7-8H,2,5-6,17H2,1H3,(H2,18,19,20,21). The third-order valence-corrected chi connectivity index (χ3v) is 2.88. The van der Waals surface area contributed by atoms with Crippen LogP contribution in [-0.2, 0) is 4.74 Å². The van der Waals surface area contributed by atoms with Crippen molar-refractivity contribution in [1.29, 1.82) is 0 Å². The van der Waals surface area contributed by atoms with E-state index >= 15 is 0 Å². The fourth-order valence-corrected chi connectivity index (χ4v) is 1.78. The summed E-state index contributed by atoms with van der Waals surface area (Å²) in [6.45, 7) is 1.22. The van der Waals surface area contributed by atoms with Gasteiger partial charge in [0, 0.05) is 26.3 Å². The number of halogens is 2. The van der Waals surface area contributed by atoms with Crippen LogP contribution in [0.5, 0.6) is 0 Å². The topological polar surface area (TPSA) is 85.1 Å². The number of methoxy groups -OCH3 is 1. The Morgan fingerprint density at radius 1 is 1.23 bits per heavy atom. The van der Waals surface area contributed by atoms with E-state index in [4.69, 9.17) is 10.5 Å². The van der Waals surface area contributed by atoms with Gasteiger partial charge in [-0.3, -0.25) is 0 Å². The molecule has 8 heteroatoms. The highest BCUT2D eigenvalue weighted by atomic mass is 19.1. The van der Waals surface area contributed by atoms with E-state index in [1.165, 1.54) is 6.33 Å². The maximum absolute atomic E-state index is 13.6. The van der Waals surface area contributed by atoms with E-state index in [2.05, 4.69) is 20.6 Å². The highest BCUT2D eigenvalue weighted by Crippen LogP contribution is 2.27. The van der Waals surface area contributed by atoms with Crippen LogP contribution < -0.4 is 16.4 Å². The number of nitrogens with two attached hydrogens (primary N) is 1. The summed E-state index contributed by atoms with van der Waals surface area (Å²) in [4.78, 5) is 7.97. The Hall–Kier alpha value is -2.48. The van der Waals surface area contributed by atoms with Crippen LogP contribution >= 0.6 is 0 Å². The monoisotopic (exact) mass is 309 g/mol. The third kappa shape index (κ3) is 4.01. The number of ether oxygens (including phenoxy) is 1. The first-order valence-corrected chi connectivity index (χ1v) is 6.67. The van der Waals surface area contributed by atoms with Crippen molar-refractivity contribution in [2.45, 2.75) is 6.42 Å². The van der Waals surface area contributed by atoms with E-state index < -0.39 is 11.6 Å². The molecule has 2 aromatic rings. The van der Waals surface area contributed by atoms with Gasteiger partial charge in [0.25, 0.3) is 0 Å². The number of hydrogen-bond acceptors (Lipinski definition) is 6. The van der Waals surface area contributed by atoms with Gasteiger partial charge in [0.2, 0.25) is 0 Å². The molecular weight excluding hydrogens is 292 g/mol. The number of nitrogens with one attached hydrogen (secondary N) is 2. The van der Waals surface area contributed by atoms with E-state index in [0.717, 1.165) is 24.6 Å². The van der Waals surface area contributed by atoms with Gasteiger partial charge in [0.1, 0.15) is 23.6 Å². The lowest BCUT2D eigenvalue weighted by atomic mass is 10.3. The van der Waals surface area contributed by atoms with Crippen LogP contribution in [0.15, 0.2) is 24.5 Å². The number of hydrogen-bond donors (Lipinski definition) is 3. The molecular formula is C14H17F2N5O. The summed E-state index contributed by atoms with van der Waals surface area (Å²) < 4.78 is 31.7. The number of nitrogens with zero attached hydrogens (tertiary/aromatic N) is 2.